The molecule has 1 aromatic heterocycles. The van der Waals surface area contributed by atoms with Gasteiger partial charge in [-0.05, 0) is 6.42 Å². The maximum Gasteiger partial charge on any atom is 0.282 e. The number of nitrogens with zero attached hydrogens (tertiary/aromatic N) is 2. The van der Waals surface area contributed by atoms with E-state index >= 15 is 0 Å². The van der Waals surface area contributed by atoms with Crippen molar-refractivity contribution in [3.63, 3.8) is 0 Å². The Hall–Kier alpha value is -1.02. The van der Waals surface area contributed by atoms with Crippen LogP contribution in [0.25, 0.3) is 0 Å². The number of amides is 1. The summed E-state index contributed by atoms with van der Waals surface area (Å²) in [6, 6.07) is 0. The Bertz CT molecular complexity index is 467. The molecule has 0 spiro atoms. The van der Waals surface area contributed by atoms with Gasteiger partial charge in [0.1, 0.15) is 0 Å². The van der Waals surface area contributed by atoms with Crippen LogP contribution >= 0.6 is 11.3 Å². The summed E-state index contributed by atoms with van der Waals surface area (Å²) in [4.78, 5) is 11.5. The minimum Gasteiger partial charge on any atom is -0.350 e. The molecule has 1 rings (SSSR count). The van der Waals surface area contributed by atoms with Crippen LogP contribution in [-0.4, -0.2) is 37.3 Å². The molecule has 1 N–H and O–H groups in total. The minimum absolute atomic E-state index is 0.0801. The molecule has 0 saturated heterocycles. The van der Waals surface area contributed by atoms with E-state index in [-0.39, 0.29) is 15.3 Å². The van der Waals surface area contributed by atoms with Gasteiger partial charge in [-0.15, -0.1) is 10.2 Å². The second-order valence-electron chi connectivity index (χ2n) is 3.25. The van der Waals surface area contributed by atoms with Gasteiger partial charge in [-0.25, -0.2) is 8.42 Å². The van der Waals surface area contributed by atoms with Gasteiger partial charge in [0.25, 0.3) is 5.91 Å². The molecular weight excluding hydrogens is 250 g/mol. The van der Waals surface area contributed by atoms with Crippen molar-refractivity contribution < 1.29 is 13.2 Å². The second kappa shape index (κ2) is 5.35. The van der Waals surface area contributed by atoms with E-state index in [9.17, 15) is 13.2 Å². The quantitative estimate of drug-likeness (QED) is 0.780. The molecule has 0 aliphatic rings. The van der Waals surface area contributed by atoms with Crippen molar-refractivity contribution in [2.45, 2.75) is 24.1 Å². The van der Waals surface area contributed by atoms with Crippen LogP contribution in [0, 0.1) is 0 Å². The van der Waals surface area contributed by atoms with Gasteiger partial charge in [0, 0.05) is 12.8 Å². The smallest absolute Gasteiger partial charge is 0.282 e. The average molecular weight is 263 g/mol. The molecule has 6 nitrogen and oxygen atoms in total. The lowest BCUT2D eigenvalue weighted by molar-refractivity contribution is 0.0952. The highest BCUT2D eigenvalue weighted by Crippen LogP contribution is 2.14. The summed E-state index contributed by atoms with van der Waals surface area (Å²) in [5, 5.41) is 9.71. The molecule has 1 aromatic rings. The first-order valence-corrected chi connectivity index (χ1v) is 7.47. The zero-order valence-corrected chi connectivity index (χ0v) is 10.7. The number of carbonyl (C=O) groups is 1. The van der Waals surface area contributed by atoms with Gasteiger partial charge >= 0.3 is 0 Å². The van der Waals surface area contributed by atoms with Gasteiger partial charge in [0.2, 0.25) is 19.2 Å². The fourth-order valence-corrected chi connectivity index (χ4v) is 2.43. The fourth-order valence-electron chi connectivity index (χ4n) is 0.906. The molecule has 0 aliphatic carbocycles. The van der Waals surface area contributed by atoms with E-state index in [1.807, 2.05) is 6.92 Å². The van der Waals surface area contributed by atoms with Crippen molar-refractivity contribution in [3.05, 3.63) is 5.01 Å². The van der Waals surface area contributed by atoms with E-state index in [0.29, 0.717) is 6.54 Å². The zero-order valence-electron chi connectivity index (χ0n) is 9.06. The Morgan fingerprint density at radius 2 is 2.12 bits per heavy atom. The molecule has 16 heavy (non-hydrogen) atoms. The maximum atomic E-state index is 11.5. The van der Waals surface area contributed by atoms with E-state index in [0.717, 1.165) is 30.4 Å². The van der Waals surface area contributed by atoms with E-state index in [1.54, 1.807) is 0 Å². The van der Waals surface area contributed by atoms with Gasteiger partial charge in [0.15, 0.2) is 0 Å². The van der Waals surface area contributed by atoms with Gasteiger partial charge in [-0.1, -0.05) is 24.7 Å². The highest BCUT2D eigenvalue weighted by Gasteiger charge is 2.18. The number of carbonyl (C=O) groups excluding carboxylic acids is 1. The average Bonchev–Trinajstić information content (AvgIpc) is 2.66. The first-order valence-electron chi connectivity index (χ1n) is 4.77. The van der Waals surface area contributed by atoms with Crippen LogP contribution in [0.4, 0.5) is 0 Å². The Balaban J connectivity index is 2.68. The molecule has 90 valence electrons. The lowest BCUT2D eigenvalue weighted by Gasteiger charge is -1.99. The summed E-state index contributed by atoms with van der Waals surface area (Å²) in [7, 11) is -3.38. The summed E-state index contributed by atoms with van der Waals surface area (Å²) in [5.74, 6) is -0.374. The highest BCUT2D eigenvalue weighted by atomic mass is 32.2. The third-order valence-electron chi connectivity index (χ3n) is 1.73. The van der Waals surface area contributed by atoms with Crippen LogP contribution in [0.3, 0.4) is 0 Å². The molecule has 0 aliphatic heterocycles. The number of sulfone groups is 1. The molecule has 0 atom stereocenters. The fraction of sp³-hybridized carbons (Fsp3) is 0.625. The minimum atomic E-state index is -3.38. The van der Waals surface area contributed by atoms with Gasteiger partial charge in [-0.3, -0.25) is 4.79 Å². The van der Waals surface area contributed by atoms with E-state index in [4.69, 9.17) is 0 Å². The second-order valence-corrected chi connectivity index (χ2v) is 6.42. The third-order valence-corrected chi connectivity index (χ3v) is 4.32. The SMILES string of the molecule is CCCCNC(=O)c1nnc(S(C)(=O)=O)s1. The van der Waals surface area contributed by atoms with Gasteiger partial charge < -0.3 is 5.32 Å². The molecule has 0 bridgehead atoms. The summed E-state index contributed by atoms with van der Waals surface area (Å²) in [5.41, 5.74) is 0. The van der Waals surface area contributed by atoms with E-state index in [1.165, 1.54) is 0 Å². The van der Waals surface area contributed by atoms with Crippen LogP contribution in [0.15, 0.2) is 4.34 Å². The molecule has 1 amide bonds. The van der Waals surface area contributed by atoms with Crippen LogP contribution < -0.4 is 5.32 Å². The molecule has 8 heteroatoms. The monoisotopic (exact) mass is 263 g/mol. The summed E-state index contributed by atoms with van der Waals surface area (Å²) in [6.07, 6.45) is 2.89. The van der Waals surface area contributed by atoms with Crippen LogP contribution in [-0.2, 0) is 9.84 Å². The number of nitrogens with one attached hydrogen (secondary N) is 1. The largest absolute Gasteiger partial charge is 0.350 e. The number of aromatic nitrogens is 2. The molecular formula is C8H13N3O3S2. The van der Waals surface area contributed by atoms with Crippen molar-refractivity contribution in [2.24, 2.45) is 0 Å². The maximum absolute atomic E-state index is 11.5. The normalized spacial score (nSPS) is 11.4. The Morgan fingerprint density at radius 3 is 2.62 bits per heavy atom. The Kier molecular flexibility index (Phi) is 4.36. The van der Waals surface area contributed by atoms with Crippen molar-refractivity contribution in [3.8, 4) is 0 Å². The number of hydrogen-bond donors (Lipinski definition) is 1. The van der Waals surface area contributed by atoms with E-state index < -0.39 is 9.84 Å². The van der Waals surface area contributed by atoms with Crippen molar-refractivity contribution in [2.75, 3.05) is 12.8 Å². The van der Waals surface area contributed by atoms with Gasteiger partial charge in [0.05, 0.1) is 0 Å². The highest BCUT2D eigenvalue weighted by molar-refractivity contribution is 7.92. The zero-order chi connectivity index (χ0) is 12.2. The number of rotatable bonds is 5. The number of unbranched alkanes of at least 4 members (excludes halogenated alkanes) is 1. The Labute approximate surface area is 98.0 Å². The summed E-state index contributed by atoms with van der Waals surface area (Å²) in [6.45, 7) is 2.57. The van der Waals surface area contributed by atoms with Gasteiger partial charge in [-0.2, -0.15) is 0 Å². The Morgan fingerprint density at radius 1 is 1.44 bits per heavy atom. The molecule has 0 radical (unpaired) electrons. The summed E-state index contributed by atoms with van der Waals surface area (Å²) < 4.78 is 22.1. The first-order chi connectivity index (χ1) is 7.45. The van der Waals surface area contributed by atoms with Crippen LogP contribution in [0.1, 0.15) is 29.6 Å². The lowest BCUT2D eigenvalue weighted by Crippen LogP contribution is -2.24. The molecule has 0 unspecified atom stereocenters. The third kappa shape index (κ3) is 3.53. The predicted molar refractivity (Wildman–Crippen MR) is 60.3 cm³/mol. The van der Waals surface area contributed by atoms with Crippen LogP contribution in [0.2, 0.25) is 0 Å². The predicted octanol–water partition coefficient (Wildman–Crippen LogP) is 0.471. The van der Waals surface area contributed by atoms with E-state index in [2.05, 4.69) is 15.5 Å². The summed E-state index contributed by atoms with van der Waals surface area (Å²) >= 11 is 0.784. The van der Waals surface area contributed by atoms with Crippen molar-refractivity contribution >= 4 is 27.1 Å². The molecule has 1 heterocycles. The lowest BCUT2D eigenvalue weighted by atomic mass is 10.3. The molecule has 0 aromatic carbocycles. The van der Waals surface area contributed by atoms with Crippen molar-refractivity contribution in [1.82, 2.24) is 15.5 Å². The standard InChI is InChI=1S/C8H13N3O3S2/c1-3-4-5-9-6(12)7-10-11-8(15-7)16(2,13)14/h3-5H2,1-2H3,(H,9,12). The topological polar surface area (TPSA) is 89.0 Å². The van der Waals surface area contributed by atoms with Crippen molar-refractivity contribution in [1.29, 1.82) is 0 Å². The van der Waals surface area contributed by atoms with Crippen LogP contribution in [0.5, 0.6) is 0 Å². The molecule has 0 fully saturated rings. The molecule has 0 saturated carbocycles. The first kappa shape index (κ1) is 13.0. The number of hydrogen-bond acceptors (Lipinski definition) is 6.